The molecule has 0 spiro atoms. The Morgan fingerprint density at radius 3 is 2.00 bits per heavy atom. The Morgan fingerprint density at radius 2 is 1.43 bits per heavy atom. The zero-order chi connectivity index (χ0) is 16.5. The van der Waals surface area contributed by atoms with Gasteiger partial charge in [-0.05, 0) is 24.1 Å². The summed E-state index contributed by atoms with van der Waals surface area (Å²) in [6.45, 7) is 0. The summed E-state index contributed by atoms with van der Waals surface area (Å²) >= 11 is 0. The van der Waals surface area contributed by atoms with Crippen LogP contribution in [0.2, 0.25) is 0 Å². The third kappa shape index (κ3) is 2.35. The van der Waals surface area contributed by atoms with Gasteiger partial charge < -0.3 is 0 Å². The lowest BCUT2D eigenvalue weighted by Crippen LogP contribution is -2.55. The second-order valence-electron chi connectivity index (χ2n) is 5.39. The van der Waals surface area contributed by atoms with Crippen molar-refractivity contribution >= 4 is 21.7 Å². The lowest BCUT2D eigenvalue weighted by molar-refractivity contribution is -0.135. The van der Waals surface area contributed by atoms with Crippen LogP contribution in [0.4, 0.5) is 0 Å². The van der Waals surface area contributed by atoms with Crippen molar-refractivity contribution in [3.63, 3.8) is 0 Å². The van der Waals surface area contributed by atoms with Gasteiger partial charge in [-0.1, -0.05) is 48.5 Å². The van der Waals surface area contributed by atoms with Crippen LogP contribution in [-0.2, 0) is 24.2 Å². The van der Waals surface area contributed by atoms with E-state index in [9.17, 15) is 18.0 Å². The molecule has 2 aromatic carbocycles. The second-order valence-corrected chi connectivity index (χ2v) is 7.56. The first-order chi connectivity index (χ1) is 11.0. The van der Waals surface area contributed by atoms with Crippen molar-refractivity contribution in [3.8, 4) is 0 Å². The molecule has 1 aliphatic rings. The molecular formula is C17H15NO4S. The quantitative estimate of drug-likeness (QED) is 0.871. The SMILES string of the molecule is O=C1CCC(c2ccccc2)(S(=O)(=O)c2ccccc2)C(=O)N1. The standard InChI is InChI=1S/C17H15NO4S/c19-15-11-12-17(16(20)18-15,13-7-3-1-4-8-13)23(21,22)14-9-5-2-6-10-14/h1-10H,11-12H2,(H,18,19,20). The van der Waals surface area contributed by atoms with E-state index in [0.717, 1.165) is 0 Å². The number of carbonyl (C=O) groups excluding carboxylic acids is 2. The Hall–Kier alpha value is -2.47. The van der Waals surface area contributed by atoms with E-state index >= 15 is 0 Å². The summed E-state index contributed by atoms with van der Waals surface area (Å²) < 4.78 is 24.7. The molecule has 0 saturated carbocycles. The summed E-state index contributed by atoms with van der Waals surface area (Å²) in [5.74, 6) is -1.24. The number of amides is 2. The summed E-state index contributed by atoms with van der Waals surface area (Å²) in [4.78, 5) is 24.2. The van der Waals surface area contributed by atoms with E-state index in [1.807, 2.05) is 0 Å². The van der Waals surface area contributed by atoms with Crippen LogP contribution >= 0.6 is 0 Å². The van der Waals surface area contributed by atoms with Gasteiger partial charge in [-0.25, -0.2) is 8.42 Å². The highest BCUT2D eigenvalue weighted by atomic mass is 32.2. The first-order valence-corrected chi connectivity index (χ1v) is 8.66. The maximum Gasteiger partial charge on any atom is 0.252 e. The Bertz CT molecular complexity index is 847. The molecule has 5 nitrogen and oxygen atoms in total. The number of hydrogen-bond donors (Lipinski definition) is 1. The van der Waals surface area contributed by atoms with Crippen molar-refractivity contribution in [2.45, 2.75) is 22.5 Å². The number of benzene rings is 2. The number of piperidine rings is 1. The molecule has 1 atom stereocenters. The average molecular weight is 329 g/mol. The van der Waals surface area contributed by atoms with Crippen molar-refractivity contribution in [1.29, 1.82) is 0 Å². The predicted molar refractivity (Wildman–Crippen MR) is 84.1 cm³/mol. The molecule has 2 aromatic rings. The minimum Gasteiger partial charge on any atom is -0.295 e. The van der Waals surface area contributed by atoms with Gasteiger partial charge in [-0.3, -0.25) is 14.9 Å². The summed E-state index contributed by atoms with van der Waals surface area (Å²) in [6.07, 6.45) is -0.0917. The van der Waals surface area contributed by atoms with Crippen LogP contribution < -0.4 is 5.32 Å². The largest absolute Gasteiger partial charge is 0.295 e. The highest BCUT2D eigenvalue weighted by Crippen LogP contribution is 2.41. The van der Waals surface area contributed by atoms with E-state index in [-0.39, 0.29) is 17.7 Å². The van der Waals surface area contributed by atoms with Crippen molar-refractivity contribution in [2.75, 3.05) is 0 Å². The topological polar surface area (TPSA) is 80.3 Å². The van der Waals surface area contributed by atoms with Crippen molar-refractivity contribution in [1.82, 2.24) is 5.32 Å². The molecule has 1 saturated heterocycles. The lowest BCUT2D eigenvalue weighted by Gasteiger charge is -2.35. The molecule has 1 heterocycles. The Balaban J connectivity index is 2.26. The predicted octanol–water partition coefficient (Wildman–Crippen LogP) is 1.79. The molecule has 23 heavy (non-hydrogen) atoms. The fourth-order valence-electron chi connectivity index (χ4n) is 2.89. The second kappa shape index (κ2) is 5.62. The van der Waals surface area contributed by atoms with Gasteiger partial charge in [-0.15, -0.1) is 0 Å². The molecule has 118 valence electrons. The number of imide groups is 1. The Labute approximate surface area is 134 Å². The molecule has 2 amide bonds. The summed E-state index contributed by atoms with van der Waals surface area (Å²) in [7, 11) is -4.01. The molecule has 0 aliphatic carbocycles. The normalized spacial score (nSPS) is 21.7. The van der Waals surface area contributed by atoms with Gasteiger partial charge in [0.2, 0.25) is 5.91 Å². The molecule has 3 rings (SSSR count). The smallest absolute Gasteiger partial charge is 0.252 e. The molecule has 0 bridgehead atoms. The Morgan fingerprint density at radius 1 is 0.870 bits per heavy atom. The first kappa shape index (κ1) is 15.4. The van der Waals surface area contributed by atoms with Gasteiger partial charge >= 0.3 is 0 Å². The van der Waals surface area contributed by atoms with Crippen LogP contribution in [0.3, 0.4) is 0 Å². The highest BCUT2D eigenvalue weighted by Gasteiger charge is 2.55. The minimum atomic E-state index is -4.01. The van der Waals surface area contributed by atoms with Crippen molar-refractivity contribution < 1.29 is 18.0 Å². The average Bonchev–Trinajstić information content (AvgIpc) is 2.56. The maximum absolute atomic E-state index is 13.3. The highest BCUT2D eigenvalue weighted by molar-refractivity contribution is 7.93. The summed E-state index contributed by atoms with van der Waals surface area (Å²) in [5, 5.41) is 2.19. The third-order valence-electron chi connectivity index (χ3n) is 4.08. The van der Waals surface area contributed by atoms with E-state index in [0.29, 0.717) is 5.56 Å². The molecule has 0 radical (unpaired) electrons. The van der Waals surface area contributed by atoms with E-state index in [4.69, 9.17) is 0 Å². The lowest BCUT2D eigenvalue weighted by atomic mass is 9.89. The number of nitrogens with one attached hydrogen (secondary N) is 1. The van der Waals surface area contributed by atoms with Crippen molar-refractivity contribution in [3.05, 3.63) is 66.2 Å². The van der Waals surface area contributed by atoms with Crippen LogP contribution in [0.1, 0.15) is 18.4 Å². The zero-order valence-electron chi connectivity index (χ0n) is 12.2. The molecule has 0 aromatic heterocycles. The zero-order valence-corrected chi connectivity index (χ0v) is 13.0. The van der Waals surface area contributed by atoms with Crippen LogP contribution in [0.5, 0.6) is 0 Å². The molecule has 1 aliphatic heterocycles. The van der Waals surface area contributed by atoms with Gasteiger partial charge in [0.15, 0.2) is 14.6 Å². The maximum atomic E-state index is 13.3. The molecule has 1 unspecified atom stereocenters. The van der Waals surface area contributed by atoms with E-state index in [1.165, 1.54) is 12.1 Å². The van der Waals surface area contributed by atoms with Crippen LogP contribution in [0.15, 0.2) is 65.6 Å². The summed E-state index contributed by atoms with van der Waals surface area (Å²) in [6, 6.07) is 16.2. The number of sulfone groups is 1. The number of hydrogen-bond acceptors (Lipinski definition) is 4. The number of carbonyl (C=O) groups is 2. The monoisotopic (exact) mass is 329 g/mol. The van der Waals surface area contributed by atoms with Gasteiger partial charge in [-0.2, -0.15) is 0 Å². The minimum absolute atomic E-state index is 0.0211. The van der Waals surface area contributed by atoms with Crippen LogP contribution in [0.25, 0.3) is 0 Å². The molecule has 1 N–H and O–H groups in total. The fourth-order valence-corrected chi connectivity index (χ4v) is 4.92. The van der Waals surface area contributed by atoms with Crippen molar-refractivity contribution in [2.24, 2.45) is 0 Å². The summed E-state index contributed by atoms with van der Waals surface area (Å²) in [5.41, 5.74) is 0.369. The van der Waals surface area contributed by atoms with Gasteiger partial charge in [0.1, 0.15) is 0 Å². The first-order valence-electron chi connectivity index (χ1n) is 7.18. The third-order valence-corrected chi connectivity index (χ3v) is 6.51. The van der Waals surface area contributed by atoms with Gasteiger partial charge in [0.05, 0.1) is 4.90 Å². The van der Waals surface area contributed by atoms with E-state index in [2.05, 4.69) is 5.32 Å². The van der Waals surface area contributed by atoms with Gasteiger partial charge in [0, 0.05) is 6.42 Å². The van der Waals surface area contributed by atoms with E-state index < -0.39 is 26.4 Å². The Kier molecular flexibility index (Phi) is 3.77. The molecular weight excluding hydrogens is 314 g/mol. The van der Waals surface area contributed by atoms with Gasteiger partial charge in [0.25, 0.3) is 5.91 Å². The van der Waals surface area contributed by atoms with Crippen LogP contribution in [0, 0.1) is 0 Å². The molecule has 6 heteroatoms. The fraction of sp³-hybridized carbons (Fsp3) is 0.176. The number of rotatable bonds is 3. The van der Waals surface area contributed by atoms with Crippen LogP contribution in [-0.4, -0.2) is 20.2 Å². The molecule has 1 fully saturated rings. The van der Waals surface area contributed by atoms with E-state index in [1.54, 1.807) is 48.5 Å².